The molecule has 9 nitrogen and oxygen atoms in total. The van der Waals surface area contributed by atoms with Crippen molar-refractivity contribution in [2.75, 3.05) is 46.4 Å². The first kappa shape index (κ1) is 23.7. The Morgan fingerprint density at radius 1 is 1.06 bits per heavy atom. The summed E-state index contributed by atoms with van der Waals surface area (Å²) in [6, 6.07) is 7.52. The van der Waals surface area contributed by atoms with E-state index in [1.807, 2.05) is 43.0 Å². The van der Waals surface area contributed by atoms with Crippen molar-refractivity contribution in [1.29, 1.82) is 0 Å². The van der Waals surface area contributed by atoms with Crippen molar-refractivity contribution in [1.82, 2.24) is 24.8 Å². The predicted molar refractivity (Wildman–Crippen MR) is 120 cm³/mol. The fraction of sp³-hybridized carbons (Fsp3) is 0.565. The van der Waals surface area contributed by atoms with Gasteiger partial charge < -0.3 is 19.1 Å². The standard InChI is InChI=1S/C23H33N5O4/c1-4-27(5-2)21(29)7-6-8-22(30)28-15-13-26(14-16-28)17-20-24-23(25-32-20)18-9-11-19(31-3)12-10-18/h9-12H,4-8,13-17H2,1-3H3. The van der Waals surface area contributed by atoms with E-state index in [1.54, 1.807) is 12.0 Å². The van der Waals surface area contributed by atoms with Gasteiger partial charge in [0.15, 0.2) is 0 Å². The maximum absolute atomic E-state index is 12.5. The van der Waals surface area contributed by atoms with E-state index < -0.39 is 0 Å². The highest BCUT2D eigenvalue weighted by molar-refractivity contribution is 5.79. The maximum Gasteiger partial charge on any atom is 0.241 e. The zero-order chi connectivity index (χ0) is 22.9. The van der Waals surface area contributed by atoms with Gasteiger partial charge >= 0.3 is 0 Å². The Labute approximate surface area is 189 Å². The lowest BCUT2D eigenvalue weighted by Crippen LogP contribution is -2.48. The first-order valence-corrected chi connectivity index (χ1v) is 11.3. The van der Waals surface area contributed by atoms with E-state index in [2.05, 4.69) is 15.0 Å². The fourth-order valence-electron chi connectivity index (χ4n) is 3.81. The summed E-state index contributed by atoms with van der Waals surface area (Å²) >= 11 is 0. The van der Waals surface area contributed by atoms with Crippen LogP contribution in [0.15, 0.2) is 28.8 Å². The van der Waals surface area contributed by atoms with Crippen LogP contribution < -0.4 is 4.74 Å². The highest BCUT2D eigenvalue weighted by atomic mass is 16.5. The van der Waals surface area contributed by atoms with Crippen LogP contribution in [0, 0.1) is 0 Å². The lowest BCUT2D eigenvalue weighted by Gasteiger charge is -2.34. The number of amides is 2. The molecule has 174 valence electrons. The van der Waals surface area contributed by atoms with Crippen LogP contribution in [0.1, 0.15) is 39.0 Å². The minimum atomic E-state index is 0.122. The summed E-state index contributed by atoms with van der Waals surface area (Å²) < 4.78 is 10.6. The molecule has 0 atom stereocenters. The van der Waals surface area contributed by atoms with Gasteiger partial charge in [-0.3, -0.25) is 14.5 Å². The zero-order valence-electron chi connectivity index (χ0n) is 19.2. The van der Waals surface area contributed by atoms with Crippen molar-refractivity contribution >= 4 is 11.8 Å². The van der Waals surface area contributed by atoms with Gasteiger partial charge in [-0.25, -0.2) is 0 Å². The van der Waals surface area contributed by atoms with Crippen LogP contribution in [0.2, 0.25) is 0 Å². The van der Waals surface area contributed by atoms with E-state index >= 15 is 0 Å². The number of rotatable bonds is 10. The normalized spacial score (nSPS) is 14.4. The first-order valence-electron chi connectivity index (χ1n) is 11.3. The summed E-state index contributed by atoms with van der Waals surface area (Å²) in [5.41, 5.74) is 0.871. The Morgan fingerprint density at radius 3 is 2.38 bits per heavy atom. The maximum atomic E-state index is 12.5. The van der Waals surface area contributed by atoms with E-state index in [1.165, 1.54) is 0 Å². The van der Waals surface area contributed by atoms with Crippen LogP contribution in [0.3, 0.4) is 0 Å². The quantitative estimate of drug-likeness (QED) is 0.557. The number of carbonyl (C=O) groups is 2. The van der Waals surface area contributed by atoms with Crippen LogP contribution in [-0.2, 0) is 16.1 Å². The highest BCUT2D eigenvalue weighted by Gasteiger charge is 2.23. The third-order valence-corrected chi connectivity index (χ3v) is 5.80. The number of hydrogen-bond acceptors (Lipinski definition) is 7. The second kappa shape index (κ2) is 11.6. The average molecular weight is 444 g/mol. The van der Waals surface area contributed by atoms with Gasteiger partial charge in [-0.2, -0.15) is 4.98 Å². The molecule has 1 aliphatic heterocycles. The van der Waals surface area contributed by atoms with E-state index in [4.69, 9.17) is 9.26 Å². The molecule has 1 aliphatic rings. The molecule has 0 spiro atoms. The number of aromatic nitrogens is 2. The summed E-state index contributed by atoms with van der Waals surface area (Å²) in [4.78, 5) is 35.0. The van der Waals surface area contributed by atoms with Gasteiger partial charge in [0.25, 0.3) is 0 Å². The van der Waals surface area contributed by atoms with Crippen LogP contribution in [0.4, 0.5) is 0 Å². The number of ether oxygens (including phenoxy) is 1. The molecule has 1 aromatic heterocycles. The molecule has 9 heteroatoms. The smallest absolute Gasteiger partial charge is 0.241 e. The Hall–Kier alpha value is -2.94. The van der Waals surface area contributed by atoms with Crippen molar-refractivity contribution < 1.29 is 18.8 Å². The second-order valence-electron chi connectivity index (χ2n) is 7.82. The SMILES string of the molecule is CCN(CC)C(=O)CCCC(=O)N1CCN(Cc2nc(-c3ccc(OC)cc3)no2)CC1. The molecule has 0 unspecified atom stereocenters. The van der Waals surface area contributed by atoms with Gasteiger partial charge in [0.05, 0.1) is 13.7 Å². The van der Waals surface area contributed by atoms with Gasteiger partial charge in [-0.05, 0) is 44.5 Å². The Bertz CT molecular complexity index is 871. The zero-order valence-corrected chi connectivity index (χ0v) is 19.2. The molecular weight excluding hydrogens is 410 g/mol. The number of hydrogen-bond donors (Lipinski definition) is 0. The molecule has 1 aromatic carbocycles. The molecule has 0 N–H and O–H groups in total. The summed E-state index contributed by atoms with van der Waals surface area (Å²) in [5.74, 6) is 2.14. The molecule has 1 saturated heterocycles. The number of benzene rings is 1. The predicted octanol–water partition coefficient (Wildman–Crippen LogP) is 2.43. The topological polar surface area (TPSA) is 92.0 Å². The Kier molecular flexibility index (Phi) is 8.61. The molecule has 2 aromatic rings. The van der Waals surface area contributed by atoms with E-state index in [9.17, 15) is 9.59 Å². The van der Waals surface area contributed by atoms with Crippen molar-refractivity contribution in [3.8, 4) is 17.1 Å². The minimum absolute atomic E-state index is 0.122. The van der Waals surface area contributed by atoms with Crippen LogP contribution >= 0.6 is 0 Å². The largest absolute Gasteiger partial charge is 0.497 e. The number of methoxy groups -OCH3 is 1. The van der Waals surface area contributed by atoms with Gasteiger partial charge in [-0.1, -0.05) is 5.16 Å². The third-order valence-electron chi connectivity index (χ3n) is 5.80. The van der Waals surface area contributed by atoms with E-state index in [0.29, 0.717) is 63.7 Å². The molecule has 0 saturated carbocycles. The van der Waals surface area contributed by atoms with E-state index in [0.717, 1.165) is 24.4 Å². The number of carbonyl (C=O) groups excluding carboxylic acids is 2. The summed E-state index contributed by atoms with van der Waals surface area (Å²) in [6.07, 6.45) is 1.45. The van der Waals surface area contributed by atoms with Gasteiger partial charge in [0, 0.05) is 57.7 Å². The average Bonchev–Trinajstić information content (AvgIpc) is 3.29. The number of nitrogens with zero attached hydrogens (tertiary/aromatic N) is 5. The van der Waals surface area contributed by atoms with Crippen LogP contribution in [-0.4, -0.2) is 83.0 Å². The Balaban J connectivity index is 1.40. The molecule has 2 heterocycles. The second-order valence-corrected chi connectivity index (χ2v) is 7.82. The molecule has 0 bridgehead atoms. The molecule has 0 aliphatic carbocycles. The van der Waals surface area contributed by atoms with Crippen molar-refractivity contribution in [2.24, 2.45) is 0 Å². The fourth-order valence-corrected chi connectivity index (χ4v) is 3.81. The summed E-state index contributed by atoms with van der Waals surface area (Å²) in [5, 5.41) is 4.07. The van der Waals surface area contributed by atoms with Crippen molar-refractivity contribution in [3.05, 3.63) is 30.2 Å². The van der Waals surface area contributed by atoms with Gasteiger partial charge in [-0.15, -0.1) is 0 Å². The van der Waals surface area contributed by atoms with Crippen LogP contribution in [0.25, 0.3) is 11.4 Å². The summed E-state index contributed by atoms with van der Waals surface area (Å²) in [7, 11) is 1.63. The van der Waals surface area contributed by atoms with Crippen molar-refractivity contribution in [3.63, 3.8) is 0 Å². The van der Waals surface area contributed by atoms with E-state index in [-0.39, 0.29) is 11.8 Å². The third kappa shape index (κ3) is 6.29. The monoisotopic (exact) mass is 443 g/mol. The molecule has 3 rings (SSSR count). The lowest BCUT2D eigenvalue weighted by molar-refractivity contribution is -0.133. The Morgan fingerprint density at radius 2 is 1.75 bits per heavy atom. The molecular formula is C23H33N5O4. The molecule has 0 radical (unpaired) electrons. The lowest BCUT2D eigenvalue weighted by atomic mass is 10.2. The van der Waals surface area contributed by atoms with Crippen LogP contribution in [0.5, 0.6) is 5.75 Å². The molecule has 1 fully saturated rings. The molecule has 32 heavy (non-hydrogen) atoms. The minimum Gasteiger partial charge on any atom is -0.497 e. The number of piperazine rings is 1. The van der Waals surface area contributed by atoms with Gasteiger partial charge in [0.2, 0.25) is 23.5 Å². The first-order chi connectivity index (χ1) is 15.5. The molecule has 2 amide bonds. The highest BCUT2D eigenvalue weighted by Crippen LogP contribution is 2.20. The van der Waals surface area contributed by atoms with Crippen molar-refractivity contribution in [2.45, 2.75) is 39.7 Å². The van der Waals surface area contributed by atoms with Gasteiger partial charge in [0.1, 0.15) is 5.75 Å². The summed E-state index contributed by atoms with van der Waals surface area (Å²) in [6.45, 7) is 8.78.